The molecule has 2 aromatic heterocycles. The van der Waals surface area contributed by atoms with Crippen molar-refractivity contribution >= 4 is 28.8 Å². The average molecular weight is 470 g/mol. The minimum absolute atomic E-state index is 0.186. The van der Waals surface area contributed by atoms with Gasteiger partial charge in [0.1, 0.15) is 11.8 Å². The van der Waals surface area contributed by atoms with Gasteiger partial charge in [0.2, 0.25) is 5.89 Å². The Morgan fingerprint density at radius 1 is 1.00 bits per heavy atom. The first-order chi connectivity index (χ1) is 16.6. The molecule has 1 N–H and O–H groups in total. The molecule has 0 bridgehead atoms. The zero-order valence-electron chi connectivity index (χ0n) is 18.6. The molecule has 5 aromatic rings. The zero-order chi connectivity index (χ0) is 23.3. The number of nitrogens with one attached hydrogen (secondary N) is 1. The third-order valence-corrected chi connectivity index (χ3v) is 6.23. The molecule has 1 unspecified atom stereocenters. The summed E-state index contributed by atoms with van der Waals surface area (Å²) < 4.78 is 11.3. The molecule has 5 rings (SSSR count). The van der Waals surface area contributed by atoms with Crippen LogP contribution in [0.2, 0.25) is 0 Å². The van der Waals surface area contributed by atoms with Crippen molar-refractivity contribution in [3.05, 3.63) is 113 Å². The van der Waals surface area contributed by atoms with Crippen LogP contribution in [0.1, 0.15) is 39.1 Å². The van der Waals surface area contributed by atoms with Crippen molar-refractivity contribution in [3.8, 4) is 0 Å². The number of hydrogen-bond donors (Lipinski definition) is 1. The quantitative estimate of drug-likeness (QED) is 0.275. The van der Waals surface area contributed by atoms with Crippen molar-refractivity contribution in [2.75, 3.05) is 0 Å². The van der Waals surface area contributed by atoms with Crippen LogP contribution in [0, 0.1) is 6.92 Å². The molecule has 3 aromatic carbocycles. The Morgan fingerprint density at radius 2 is 1.76 bits per heavy atom. The summed E-state index contributed by atoms with van der Waals surface area (Å²) >= 11 is 1.38. The number of carbonyl (C=O) groups is 1. The maximum atomic E-state index is 13.0. The number of amides is 1. The molecular weight excluding hydrogens is 446 g/mol. The smallest absolute Gasteiger partial charge is 0.273 e. The van der Waals surface area contributed by atoms with E-state index in [2.05, 4.69) is 27.4 Å². The maximum Gasteiger partial charge on any atom is 0.273 e. The van der Waals surface area contributed by atoms with Crippen LogP contribution in [0.4, 0.5) is 0 Å². The molecule has 1 amide bonds. The van der Waals surface area contributed by atoms with Crippen LogP contribution in [0.15, 0.2) is 99.2 Å². The number of fused-ring (bicyclic) bond motifs is 1. The molecule has 0 saturated heterocycles. The molecule has 0 spiro atoms. The van der Waals surface area contributed by atoms with Gasteiger partial charge < -0.3 is 14.2 Å². The number of carbonyl (C=O) groups excluding carboxylic acids is 1. The largest absolute Gasteiger partial charge is 0.447 e. The van der Waals surface area contributed by atoms with E-state index in [1.54, 1.807) is 0 Å². The van der Waals surface area contributed by atoms with Crippen molar-refractivity contribution in [3.63, 3.8) is 0 Å². The fourth-order valence-corrected chi connectivity index (χ4v) is 4.39. The van der Waals surface area contributed by atoms with Gasteiger partial charge in [-0.2, -0.15) is 0 Å². The lowest BCUT2D eigenvalue weighted by molar-refractivity contribution is 0.0931. The summed E-state index contributed by atoms with van der Waals surface area (Å²) in [6, 6.07) is 25.7. The number of oxazole rings is 2. The van der Waals surface area contributed by atoms with Gasteiger partial charge >= 0.3 is 0 Å². The Bertz CT molecular complexity index is 1400. The number of aryl methyl sites for hydroxylation is 1. The van der Waals surface area contributed by atoms with Crippen LogP contribution in [-0.2, 0) is 12.2 Å². The van der Waals surface area contributed by atoms with Crippen molar-refractivity contribution in [2.45, 2.75) is 30.4 Å². The van der Waals surface area contributed by atoms with Crippen molar-refractivity contribution in [2.24, 2.45) is 0 Å². The predicted molar refractivity (Wildman–Crippen MR) is 132 cm³/mol. The molecular formula is C27H23N3O3S. The van der Waals surface area contributed by atoms with E-state index >= 15 is 0 Å². The summed E-state index contributed by atoms with van der Waals surface area (Å²) in [6.07, 6.45) is 2.07. The van der Waals surface area contributed by atoms with Crippen molar-refractivity contribution in [1.82, 2.24) is 15.3 Å². The van der Waals surface area contributed by atoms with Crippen LogP contribution < -0.4 is 5.32 Å². The van der Waals surface area contributed by atoms with Crippen molar-refractivity contribution in [1.29, 1.82) is 0 Å². The fourth-order valence-electron chi connectivity index (χ4n) is 3.70. The van der Waals surface area contributed by atoms with Gasteiger partial charge in [-0.1, -0.05) is 78.5 Å². The molecule has 0 aliphatic heterocycles. The molecule has 0 fully saturated rings. The maximum absolute atomic E-state index is 13.0. The van der Waals surface area contributed by atoms with Crippen LogP contribution in [0.5, 0.6) is 0 Å². The number of thioether (sulfide) groups is 1. The third kappa shape index (κ3) is 5.21. The highest BCUT2D eigenvalue weighted by Crippen LogP contribution is 2.27. The molecule has 170 valence electrons. The summed E-state index contributed by atoms with van der Waals surface area (Å²) in [4.78, 5) is 21.9. The first kappa shape index (κ1) is 22.0. The van der Waals surface area contributed by atoms with E-state index in [0.29, 0.717) is 23.3 Å². The number of nitrogens with zero attached hydrogens (tertiary/aromatic N) is 2. The molecule has 1 atom stereocenters. The number of rotatable bonds is 8. The summed E-state index contributed by atoms with van der Waals surface area (Å²) in [6.45, 7) is 2.02. The topological polar surface area (TPSA) is 81.2 Å². The molecule has 0 aliphatic rings. The average Bonchev–Trinajstić information content (AvgIpc) is 3.50. The van der Waals surface area contributed by atoms with E-state index in [4.69, 9.17) is 8.83 Å². The van der Waals surface area contributed by atoms with Gasteiger partial charge in [0, 0.05) is 0 Å². The van der Waals surface area contributed by atoms with Crippen LogP contribution in [0.3, 0.4) is 0 Å². The minimum Gasteiger partial charge on any atom is -0.447 e. The van der Waals surface area contributed by atoms with Gasteiger partial charge in [-0.05, 0) is 42.2 Å². The fraction of sp³-hybridized carbons (Fsp3) is 0.148. The monoisotopic (exact) mass is 469 g/mol. The van der Waals surface area contributed by atoms with E-state index in [0.717, 1.165) is 27.8 Å². The van der Waals surface area contributed by atoms with E-state index < -0.39 is 0 Å². The van der Waals surface area contributed by atoms with Crippen LogP contribution in [-0.4, -0.2) is 15.9 Å². The molecule has 2 heterocycles. The second-order valence-electron chi connectivity index (χ2n) is 7.99. The van der Waals surface area contributed by atoms with Gasteiger partial charge in [0.15, 0.2) is 11.3 Å². The lowest BCUT2D eigenvalue weighted by Crippen LogP contribution is -2.30. The molecule has 0 aliphatic carbocycles. The molecule has 0 saturated carbocycles. The third-order valence-electron chi connectivity index (χ3n) is 5.42. The Balaban J connectivity index is 1.26. The molecule has 7 heteroatoms. The lowest BCUT2D eigenvalue weighted by atomic mass is 9.99. The Morgan fingerprint density at radius 3 is 2.56 bits per heavy atom. The number of benzene rings is 3. The SMILES string of the molecule is Cc1ccc2oc(SCc3nc(C(=O)NC(Cc4ccccc4)c4ccccc4)co3)nc2c1. The highest BCUT2D eigenvalue weighted by molar-refractivity contribution is 7.98. The van der Waals surface area contributed by atoms with E-state index in [1.807, 2.05) is 73.7 Å². The minimum atomic E-state index is -0.276. The first-order valence-corrected chi connectivity index (χ1v) is 12.0. The number of hydrogen-bond acceptors (Lipinski definition) is 6. The second kappa shape index (κ2) is 9.97. The van der Waals surface area contributed by atoms with Gasteiger partial charge in [-0.25, -0.2) is 9.97 Å². The number of aromatic nitrogens is 2. The summed E-state index contributed by atoms with van der Waals surface area (Å²) in [7, 11) is 0. The van der Waals surface area contributed by atoms with E-state index in [-0.39, 0.29) is 17.6 Å². The summed E-state index contributed by atoms with van der Waals surface area (Å²) in [5.41, 5.74) is 5.11. The Labute approximate surface area is 201 Å². The standard InChI is InChI=1S/C27H23N3O3S/c1-18-12-13-24-22(14-18)30-27(33-24)34-17-25-28-23(16-32-25)26(31)29-21(20-10-6-3-7-11-20)15-19-8-4-2-5-9-19/h2-14,16,21H,15,17H2,1H3,(H,29,31). The van der Waals surface area contributed by atoms with Gasteiger partial charge in [-0.3, -0.25) is 4.79 Å². The lowest BCUT2D eigenvalue weighted by Gasteiger charge is -2.19. The van der Waals surface area contributed by atoms with Crippen LogP contribution in [0.25, 0.3) is 11.1 Å². The highest BCUT2D eigenvalue weighted by Gasteiger charge is 2.19. The highest BCUT2D eigenvalue weighted by atomic mass is 32.2. The predicted octanol–water partition coefficient (Wildman–Crippen LogP) is 6.13. The summed E-state index contributed by atoms with van der Waals surface area (Å²) in [5.74, 6) is 0.570. The van der Waals surface area contributed by atoms with E-state index in [9.17, 15) is 4.79 Å². The van der Waals surface area contributed by atoms with Gasteiger partial charge in [0.25, 0.3) is 11.1 Å². The Hall–Kier alpha value is -3.84. The summed E-state index contributed by atoms with van der Waals surface area (Å²) in [5, 5.41) is 3.65. The second-order valence-corrected chi connectivity index (χ2v) is 8.92. The molecule has 0 radical (unpaired) electrons. The Kier molecular flexibility index (Phi) is 6.44. The van der Waals surface area contributed by atoms with Crippen LogP contribution >= 0.6 is 11.8 Å². The van der Waals surface area contributed by atoms with E-state index in [1.165, 1.54) is 18.0 Å². The van der Waals surface area contributed by atoms with Crippen molar-refractivity contribution < 1.29 is 13.6 Å². The molecule has 34 heavy (non-hydrogen) atoms. The normalized spacial score (nSPS) is 12.0. The molecule has 6 nitrogen and oxygen atoms in total. The first-order valence-electron chi connectivity index (χ1n) is 11.0. The van der Waals surface area contributed by atoms with Gasteiger partial charge in [0.05, 0.1) is 11.8 Å². The van der Waals surface area contributed by atoms with Gasteiger partial charge in [-0.15, -0.1) is 0 Å². The zero-order valence-corrected chi connectivity index (χ0v) is 19.4.